The van der Waals surface area contributed by atoms with Crippen LogP contribution in [0.3, 0.4) is 0 Å². The van der Waals surface area contributed by atoms with Crippen LogP contribution in [0.15, 0.2) is 24.3 Å². The Hall–Kier alpha value is -1.35. The number of nitrogens with one attached hydrogen (secondary N) is 2. The van der Waals surface area contributed by atoms with Gasteiger partial charge in [0.25, 0.3) is 0 Å². The van der Waals surface area contributed by atoms with E-state index in [2.05, 4.69) is 55.7 Å². The van der Waals surface area contributed by atoms with Gasteiger partial charge in [0.05, 0.1) is 11.6 Å². The summed E-state index contributed by atoms with van der Waals surface area (Å²) in [7, 11) is 0. The molecular formula is C18H28N2O. The predicted octanol–water partition coefficient (Wildman–Crippen LogP) is 3.48. The van der Waals surface area contributed by atoms with Crippen molar-refractivity contribution >= 4 is 5.91 Å². The number of hydrogen-bond acceptors (Lipinski definition) is 2. The van der Waals surface area contributed by atoms with Crippen molar-refractivity contribution in [3.63, 3.8) is 0 Å². The highest BCUT2D eigenvalue weighted by molar-refractivity contribution is 5.87. The van der Waals surface area contributed by atoms with Crippen molar-refractivity contribution in [3.8, 4) is 0 Å². The summed E-state index contributed by atoms with van der Waals surface area (Å²) in [6, 6.07) is 8.57. The average molecular weight is 288 g/mol. The smallest absolute Gasteiger partial charge is 0.240 e. The van der Waals surface area contributed by atoms with Crippen LogP contribution in [-0.2, 0) is 4.79 Å². The standard InChI is InChI=1S/C18H28N2O/c1-4-11-18(12-6-13-19-18)17(21)20-16(5-2)15-9-7-14(3)8-10-15/h7-10,16,19H,4-6,11-13H2,1-3H3,(H,20,21). The summed E-state index contributed by atoms with van der Waals surface area (Å²) < 4.78 is 0. The number of benzene rings is 1. The van der Waals surface area contributed by atoms with Gasteiger partial charge in [0.1, 0.15) is 0 Å². The Labute approximate surface area is 128 Å². The van der Waals surface area contributed by atoms with Gasteiger partial charge in [-0.05, 0) is 44.7 Å². The summed E-state index contributed by atoms with van der Waals surface area (Å²) in [6.45, 7) is 7.31. The van der Waals surface area contributed by atoms with Crippen LogP contribution in [0.5, 0.6) is 0 Å². The summed E-state index contributed by atoms with van der Waals surface area (Å²) >= 11 is 0. The van der Waals surface area contributed by atoms with Crippen LogP contribution in [0, 0.1) is 6.92 Å². The van der Waals surface area contributed by atoms with E-state index in [-0.39, 0.29) is 17.5 Å². The summed E-state index contributed by atoms with van der Waals surface area (Å²) in [5, 5.41) is 6.72. The maximum atomic E-state index is 12.8. The first-order chi connectivity index (χ1) is 10.1. The Morgan fingerprint density at radius 3 is 2.57 bits per heavy atom. The molecule has 0 aromatic heterocycles. The van der Waals surface area contributed by atoms with E-state index in [0.29, 0.717) is 0 Å². The van der Waals surface area contributed by atoms with Crippen LogP contribution in [0.4, 0.5) is 0 Å². The average Bonchev–Trinajstić information content (AvgIpc) is 2.96. The van der Waals surface area contributed by atoms with Gasteiger partial charge in [0.15, 0.2) is 0 Å². The van der Waals surface area contributed by atoms with Crippen LogP contribution in [0.2, 0.25) is 0 Å². The highest BCUT2D eigenvalue weighted by atomic mass is 16.2. The van der Waals surface area contributed by atoms with E-state index in [1.165, 1.54) is 11.1 Å². The Kier molecular flexibility index (Phi) is 5.40. The maximum Gasteiger partial charge on any atom is 0.240 e. The predicted molar refractivity (Wildman–Crippen MR) is 87.2 cm³/mol. The van der Waals surface area contributed by atoms with Crippen LogP contribution in [-0.4, -0.2) is 18.0 Å². The largest absolute Gasteiger partial charge is 0.348 e. The lowest BCUT2D eigenvalue weighted by molar-refractivity contribution is -0.128. The Balaban J connectivity index is 2.10. The first-order valence-electron chi connectivity index (χ1n) is 8.24. The molecule has 1 fully saturated rings. The lowest BCUT2D eigenvalue weighted by atomic mass is 9.90. The number of rotatable bonds is 6. The molecule has 1 saturated heterocycles. The molecule has 0 bridgehead atoms. The van der Waals surface area contributed by atoms with E-state index in [4.69, 9.17) is 0 Å². The van der Waals surface area contributed by atoms with Gasteiger partial charge in [0.2, 0.25) is 5.91 Å². The highest BCUT2D eigenvalue weighted by Gasteiger charge is 2.40. The number of carbonyl (C=O) groups excluding carboxylic acids is 1. The van der Waals surface area contributed by atoms with Crippen molar-refractivity contribution in [1.82, 2.24) is 10.6 Å². The molecule has 2 unspecified atom stereocenters. The molecule has 2 atom stereocenters. The molecule has 0 aliphatic carbocycles. The Bertz CT molecular complexity index is 461. The van der Waals surface area contributed by atoms with Crippen LogP contribution < -0.4 is 10.6 Å². The SMILES string of the molecule is CCCC1(C(=O)NC(CC)c2ccc(C)cc2)CCCN1. The van der Waals surface area contributed by atoms with Crippen molar-refractivity contribution in [2.24, 2.45) is 0 Å². The molecule has 0 radical (unpaired) electrons. The van der Waals surface area contributed by atoms with E-state index >= 15 is 0 Å². The monoisotopic (exact) mass is 288 g/mol. The molecule has 116 valence electrons. The van der Waals surface area contributed by atoms with E-state index in [1.54, 1.807) is 0 Å². The third-order valence-electron chi connectivity index (χ3n) is 4.55. The zero-order valence-electron chi connectivity index (χ0n) is 13.5. The molecule has 1 heterocycles. The topological polar surface area (TPSA) is 41.1 Å². The normalized spacial score (nSPS) is 23.0. The number of hydrogen-bond donors (Lipinski definition) is 2. The third kappa shape index (κ3) is 3.65. The second-order valence-electron chi connectivity index (χ2n) is 6.21. The van der Waals surface area contributed by atoms with Gasteiger partial charge in [-0.15, -0.1) is 0 Å². The quantitative estimate of drug-likeness (QED) is 0.841. The molecule has 3 nitrogen and oxygen atoms in total. The van der Waals surface area contributed by atoms with Crippen molar-refractivity contribution in [2.75, 3.05) is 6.54 Å². The fraction of sp³-hybridized carbons (Fsp3) is 0.611. The van der Waals surface area contributed by atoms with E-state index in [1.807, 2.05) is 0 Å². The minimum Gasteiger partial charge on any atom is -0.348 e. The third-order valence-corrected chi connectivity index (χ3v) is 4.55. The molecule has 2 N–H and O–H groups in total. The van der Waals surface area contributed by atoms with Crippen LogP contribution in [0.1, 0.15) is 63.1 Å². The lowest BCUT2D eigenvalue weighted by Crippen LogP contribution is -2.54. The first kappa shape index (κ1) is 16.0. The molecule has 21 heavy (non-hydrogen) atoms. The van der Waals surface area contributed by atoms with Crippen molar-refractivity contribution in [1.29, 1.82) is 0 Å². The zero-order chi connectivity index (χ0) is 15.3. The van der Waals surface area contributed by atoms with Crippen molar-refractivity contribution in [3.05, 3.63) is 35.4 Å². The number of amides is 1. The maximum absolute atomic E-state index is 12.8. The molecular weight excluding hydrogens is 260 g/mol. The van der Waals surface area contributed by atoms with Gasteiger partial charge in [-0.1, -0.05) is 50.1 Å². The second-order valence-corrected chi connectivity index (χ2v) is 6.21. The van der Waals surface area contributed by atoms with Crippen LogP contribution >= 0.6 is 0 Å². The van der Waals surface area contributed by atoms with Gasteiger partial charge < -0.3 is 10.6 Å². The summed E-state index contributed by atoms with van der Waals surface area (Å²) in [5.74, 6) is 0.175. The summed E-state index contributed by atoms with van der Waals surface area (Å²) in [5.41, 5.74) is 2.10. The number of carbonyl (C=O) groups is 1. The molecule has 1 aromatic carbocycles. The molecule has 1 aliphatic rings. The van der Waals surface area contributed by atoms with E-state index in [0.717, 1.165) is 38.6 Å². The fourth-order valence-electron chi connectivity index (χ4n) is 3.27. The summed E-state index contributed by atoms with van der Waals surface area (Å²) in [6.07, 6.45) is 4.91. The summed E-state index contributed by atoms with van der Waals surface area (Å²) in [4.78, 5) is 12.8. The number of aryl methyl sites for hydroxylation is 1. The Morgan fingerprint density at radius 2 is 2.05 bits per heavy atom. The molecule has 1 aliphatic heterocycles. The van der Waals surface area contributed by atoms with Crippen molar-refractivity contribution in [2.45, 2.75) is 64.5 Å². The van der Waals surface area contributed by atoms with Crippen LogP contribution in [0.25, 0.3) is 0 Å². The van der Waals surface area contributed by atoms with Gasteiger partial charge >= 0.3 is 0 Å². The van der Waals surface area contributed by atoms with E-state index < -0.39 is 0 Å². The molecule has 2 rings (SSSR count). The minimum atomic E-state index is -0.340. The molecule has 0 spiro atoms. The van der Waals surface area contributed by atoms with Gasteiger partial charge in [-0.3, -0.25) is 4.79 Å². The van der Waals surface area contributed by atoms with Gasteiger partial charge in [-0.25, -0.2) is 0 Å². The minimum absolute atomic E-state index is 0.106. The first-order valence-corrected chi connectivity index (χ1v) is 8.24. The Morgan fingerprint density at radius 1 is 1.33 bits per heavy atom. The van der Waals surface area contributed by atoms with Crippen molar-refractivity contribution < 1.29 is 4.79 Å². The molecule has 3 heteroatoms. The lowest BCUT2D eigenvalue weighted by Gasteiger charge is -2.30. The fourth-order valence-corrected chi connectivity index (χ4v) is 3.27. The second kappa shape index (κ2) is 7.08. The van der Waals surface area contributed by atoms with Gasteiger partial charge in [0, 0.05) is 0 Å². The molecule has 0 saturated carbocycles. The van der Waals surface area contributed by atoms with E-state index in [9.17, 15) is 4.79 Å². The highest BCUT2D eigenvalue weighted by Crippen LogP contribution is 2.27. The zero-order valence-corrected chi connectivity index (χ0v) is 13.5. The van der Waals surface area contributed by atoms with Gasteiger partial charge in [-0.2, -0.15) is 0 Å². The molecule has 1 aromatic rings. The molecule has 1 amide bonds.